The van der Waals surface area contributed by atoms with E-state index in [9.17, 15) is 9.18 Å². The van der Waals surface area contributed by atoms with Crippen LogP contribution in [0, 0.1) is 11.2 Å². The second kappa shape index (κ2) is 4.66. The summed E-state index contributed by atoms with van der Waals surface area (Å²) in [6.07, 6.45) is 1.60. The highest BCUT2D eigenvalue weighted by atomic mass is 35.5. The molecule has 0 aliphatic carbocycles. The van der Waals surface area contributed by atoms with Crippen LogP contribution in [-0.2, 0) is 11.2 Å². The van der Waals surface area contributed by atoms with Gasteiger partial charge in [-0.15, -0.1) is 6.58 Å². The first-order valence-electron chi connectivity index (χ1n) is 4.70. The third kappa shape index (κ3) is 2.61. The summed E-state index contributed by atoms with van der Waals surface area (Å²) in [7, 11) is 0. The topological polar surface area (TPSA) is 37.3 Å². The molecule has 4 heteroatoms. The number of carboxylic acid groups (broad SMARTS) is 1. The van der Waals surface area contributed by atoms with Crippen molar-refractivity contribution < 1.29 is 14.3 Å². The number of carbonyl (C=O) groups is 1. The van der Waals surface area contributed by atoms with E-state index < -0.39 is 17.2 Å². The Morgan fingerprint density at radius 2 is 2.31 bits per heavy atom. The van der Waals surface area contributed by atoms with Crippen molar-refractivity contribution in [1.29, 1.82) is 0 Å². The fourth-order valence-electron chi connectivity index (χ4n) is 1.31. The molecular formula is C12H12ClFO2. The van der Waals surface area contributed by atoms with Gasteiger partial charge in [0.15, 0.2) is 0 Å². The van der Waals surface area contributed by atoms with Crippen LogP contribution >= 0.6 is 11.6 Å². The maximum absolute atomic E-state index is 12.9. The molecule has 0 bridgehead atoms. The lowest BCUT2D eigenvalue weighted by Crippen LogP contribution is -2.27. The summed E-state index contributed by atoms with van der Waals surface area (Å²) >= 11 is 5.62. The van der Waals surface area contributed by atoms with Crippen LogP contribution in [0.5, 0.6) is 0 Å². The summed E-state index contributed by atoms with van der Waals surface area (Å²) in [4.78, 5) is 11.0. The Morgan fingerprint density at radius 1 is 1.69 bits per heavy atom. The molecule has 0 aliphatic rings. The summed E-state index contributed by atoms with van der Waals surface area (Å²) in [5.41, 5.74) is -0.405. The average molecular weight is 243 g/mol. The third-order valence-electron chi connectivity index (χ3n) is 2.49. The predicted molar refractivity (Wildman–Crippen MR) is 61.1 cm³/mol. The molecular weight excluding hydrogens is 231 g/mol. The highest BCUT2D eigenvalue weighted by Crippen LogP contribution is 2.26. The first kappa shape index (κ1) is 12.7. The van der Waals surface area contributed by atoms with E-state index in [1.54, 1.807) is 6.92 Å². The molecule has 0 aliphatic heterocycles. The van der Waals surface area contributed by atoms with Crippen molar-refractivity contribution in [3.8, 4) is 0 Å². The highest BCUT2D eigenvalue weighted by Gasteiger charge is 2.29. The monoisotopic (exact) mass is 242 g/mol. The van der Waals surface area contributed by atoms with Gasteiger partial charge in [0.05, 0.1) is 10.4 Å². The lowest BCUT2D eigenvalue weighted by Gasteiger charge is -2.20. The van der Waals surface area contributed by atoms with Gasteiger partial charge in [0.2, 0.25) is 0 Å². The Hall–Kier alpha value is -1.35. The fraction of sp³-hybridized carbons (Fsp3) is 0.250. The zero-order chi connectivity index (χ0) is 12.3. The van der Waals surface area contributed by atoms with Gasteiger partial charge in [-0.25, -0.2) is 4.39 Å². The normalized spacial score (nSPS) is 14.2. The van der Waals surface area contributed by atoms with Crippen LogP contribution in [-0.4, -0.2) is 11.1 Å². The van der Waals surface area contributed by atoms with Gasteiger partial charge in [-0.3, -0.25) is 4.79 Å². The van der Waals surface area contributed by atoms with Crippen LogP contribution in [0.15, 0.2) is 30.9 Å². The van der Waals surface area contributed by atoms with Gasteiger partial charge in [-0.2, -0.15) is 0 Å². The van der Waals surface area contributed by atoms with Crippen LogP contribution in [0.3, 0.4) is 0 Å². The number of aliphatic carboxylic acids is 1. The Balaban J connectivity index is 2.99. The Kier molecular flexibility index (Phi) is 3.70. The average Bonchev–Trinajstić information content (AvgIpc) is 2.23. The summed E-state index contributed by atoms with van der Waals surface area (Å²) < 4.78 is 12.9. The predicted octanol–water partition coefficient (Wildman–Crippen LogP) is 3.30. The van der Waals surface area contributed by atoms with E-state index >= 15 is 0 Å². The van der Waals surface area contributed by atoms with E-state index in [4.69, 9.17) is 16.7 Å². The van der Waals surface area contributed by atoms with Crippen LogP contribution in [0.2, 0.25) is 5.02 Å². The van der Waals surface area contributed by atoms with E-state index in [0.29, 0.717) is 5.56 Å². The third-order valence-corrected chi connectivity index (χ3v) is 2.78. The van der Waals surface area contributed by atoms with E-state index in [1.165, 1.54) is 24.3 Å². The van der Waals surface area contributed by atoms with Crippen LogP contribution in [0.1, 0.15) is 12.5 Å². The van der Waals surface area contributed by atoms with Gasteiger partial charge < -0.3 is 5.11 Å². The second-order valence-electron chi connectivity index (χ2n) is 3.85. The number of benzene rings is 1. The first-order chi connectivity index (χ1) is 7.39. The Labute approximate surface area is 98.4 Å². The van der Waals surface area contributed by atoms with Crippen LogP contribution < -0.4 is 0 Å². The summed E-state index contributed by atoms with van der Waals surface area (Å²) in [5, 5.41) is 9.03. The van der Waals surface area contributed by atoms with Crippen molar-refractivity contribution in [2.75, 3.05) is 0 Å². The molecule has 0 fully saturated rings. The fourth-order valence-corrected chi connectivity index (χ4v) is 1.51. The molecule has 0 saturated carbocycles. The lowest BCUT2D eigenvalue weighted by atomic mass is 9.84. The van der Waals surface area contributed by atoms with Crippen molar-refractivity contribution in [2.45, 2.75) is 13.3 Å². The maximum Gasteiger partial charge on any atom is 0.313 e. The minimum absolute atomic E-state index is 0.00528. The molecule has 0 spiro atoms. The van der Waals surface area contributed by atoms with Crippen LogP contribution in [0.4, 0.5) is 4.39 Å². The molecule has 1 aromatic rings. The van der Waals surface area contributed by atoms with E-state index in [2.05, 4.69) is 6.58 Å². The second-order valence-corrected chi connectivity index (χ2v) is 4.26. The molecule has 16 heavy (non-hydrogen) atoms. The van der Waals surface area contributed by atoms with Crippen molar-refractivity contribution in [1.82, 2.24) is 0 Å². The zero-order valence-corrected chi connectivity index (χ0v) is 9.59. The smallest absolute Gasteiger partial charge is 0.313 e. The molecule has 1 unspecified atom stereocenters. The number of hydrogen-bond acceptors (Lipinski definition) is 1. The SMILES string of the molecule is C=CC(C)(Cc1ccc(F)c(Cl)c1)C(=O)O. The first-order valence-corrected chi connectivity index (χ1v) is 5.08. The molecule has 2 nitrogen and oxygen atoms in total. The minimum atomic E-state index is -1.07. The Morgan fingerprint density at radius 3 is 2.75 bits per heavy atom. The molecule has 0 saturated heterocycles. The van der Waals surface area contributed by atoms with Gasteiger partial charge in [0.25, 0.3) is 0 Å². The maximum atomic E-state index is 12.9. The Bertz CT molecular complexity index is 431. The van der Waals surface area contributed by atoms with Crippen molar-refractivity contribution in [3.05, 3.63) is 47.3 Å². The van der Waals surface area contributed by atoms with Gasteiger partial charge in [0.1, 0.15) is 5.82 Å². The van der Waals surface area contributed by atoms with Crippen molar-refractivity contribution >= 4 is 17.6 Å². The molecule has 1 rings (SSSR count). The molecule has 0 heterocycles. The van der Waals surface area contributed by atoms with Crippen molar-refractivity contribution in [3.63, 3.8) is 0 Å². The molecule has 1 N–H and O–H groups in total. The van der Waals surface area contributed by atoms with Gasteiger partial charge in [0, 0.05) is 0 Å². The molecule has 1 atom stereocenters. The number of carboxylic acids is 1. The van der Waals surface area contributed by atoms with Gasteiger partial charge >= 0.3 is 5.97 Å². The van der Waals surface area contributed by atoms with Crippen molar-refractivity contribution in [2.24, 2.45) is 5.41 Å². The quantitative estimate of drug-likeness (QED) is 0.823. The molecule has 1 aromatic carbocycles. The van der Waals surface area contributed by atoms with E-state index in [-0.39, 0.29) is 11.4 Å². The standard InChI is InChI=1S/C12H12ClFO2/c1-3-12(2,11(15)16)7-8-4-5-10(14)9(13)6-8/h3-6H,1,7H2,2H3,(H,15,16). The number of hydrogen-bond donors (Lipinski definition) is 1. The van der Waals surface area contributed by atoms with Gasteiger partial charge in [-0.1, -0.05) is 23.7 Å². The molecule has 0 radical (unpaired) electrons. The van der Waals surface area contributed by atoms with Gasteiger partial charge in [-0.05, 0) is 31.0 Å². The number of halogens is 2. The largest absolute Gasteiger partial charge is 0.481 e. The van der Waals surface area contributed by atoms with Crippen LogP contribution in [0.25, 0.3) is 0 Å². The minimum Gasteiger partial charge on any atom is -0.481 e. The highest BCUT2D eigenvalue weighted by molar-refractivity contribution is 6.30. The van der Waals surface area contributed by atoms with E-state index in [1.807, 2.05) is 0 Å². The summed E-state index contributed by atoms with van der Waals surface area (Å²) in [6.45, 7) is 5.06. The molecule has 0 aromatic heterocycles. The summed E-state index contributed by atoms with van der Waals surface area (Å²) in [6, 6.07) is 4.18. The zero-order valence-electron chi connectivity index (χ0n) is 8.84. The lowest BCUT2D eigenvalue weighted by molar-refractivity contribution is -0.145. The summed E-state index contributed by atoms with van der Waals surface area (Å²) in [5.74, 6) is -1.48. The molecule has 0 amide bonds. The van der Waals surface area contributed by atoms with E-state index in [0.717, 1.165) is 0 Å². The molecule has 86 valence electrons. The number of rotatable bonds is 4.